The summed E-state index contributed by atoms with van der Waals surface area (Å²) in [5.41, 5.74) is 1.53. The summed E-state index contributed by atoms with van der Waals surface area (Å²) < 4.78 is 10.7. The minimum absolute atomic E-state index is 0.171. The second-order valence-electron chi connectivity index (χ2n) is 5.46. The van der Waals surface area contributed by atoms with E-state index in [1.807, 2.05) is 41.8 Å². The number of aromatic amines is 1. The van der Waals surface area contributed by atoms with Gasteiger partial charge in [0.25, 0.3) is 5.91 Å². The second kappa shape index (κ2) is 6.82. The zero-order valence-electron chi connectivity index (χ0n) is 13.2. The lowest BCUT2D eigenvalue weighted by atomic mass is 10.1. The quantitative estimate of drug-likeness (QED) is 0.689. The first kappa shape index (κ1) is 15.5. The Balaban J connectivity index is 1.63. The van der Waals surface area contributed by atoms with Crippen LogP contribution in [0.4, 0.5) is 5.82 Å². The summed E-state index contributed by atoms with van der Waals surface area (Å²) >= 11 is 1.62. The third-order valence-electron chi connectivity index (χ3n) is 3.72. The Labute approximate surface area is 148 Å². The van der Waals surface area contributed by atoms with Crippen molar-refractivity contribution in [2.24, 2.45) is 0 Å². The van der Waals surface area contributed by atoms with E-state index in [9.17, 15) is 4.79 Å². The molecule has 1 amide bonds. The third-order valence-corrected chi connectivity index (χ3v) is 4.60. The largest absolute Gasteiger partial charge is 0.454 e. The Morgan fingerprint density at radius 2 is 2.20 bits per heavy atom. The third kappa shape index (κ3) is 3.56. The van der Waals surface area contributed by atoms with Crippen molar-refractivity contribution in [1.29, 1.82) is 0 Å². The van der Waals surface area contributed by atoms with Gasteiger partial charge in [-0.1, -0.05) is 12.1 Å². The van der Waals surface area contributed by atoms with Crippen molar-refractivity contribution >= 4 is 29.1 Å². The van der Waals surface area contributed by atoms with Gasteiger partial charge in [0.1, 0.15) is 5.82 Å². The lowest BCUT2D eigenvalue weighted by Gasteiger charge is -2.08. The molecule has 0 saturated carbocycles. The Morgan fingerprint density at radius 1 is 1.28 bits per heavy atom. The molecule has 2 N–H and O–H groups in total. The van der Waals surface area contributed by atoms with Crippen molar-refractivity contribution in [3.8, 4) is 11.5 Å². The predicted octanol–water partition coefficient (Wildman–Crippen LogP) is 3.46. The lowest BCUT2D eigenvalue weighted by Crippen LogP contribution is -2.16. The van der Waals surface area contributed by atoms with E-state index >= 15 is 0 Å². The molecule has 1 aliphatic heterocycles. The van der Waals surface area contributed by atoms with Crippen LogP contribution < -0.4 is 14.8 Å². The number of nitrogens with zero attached hydrogens (tertiary/aromatic N) is 1. The van der Waals surface area contributed by atoms with Gasteiger partial charge in [0, 0.05) is 22.9 Å². The summed E-state index contributed by atoms with van der Waals surface area (Å²) in [5.74, 6) is 1.81. The van der Waals surface area contributed by atoms with Crippen LogP contribution in [-0.4, -0.2) is 22.9 Å². The van der Waals surface area contributed by atoms with E-state index in [1.165, 1.54) is 0 Å². The molecule has 0 saturated heterocycles. The van der Waals surface area contributed by atoms with Gasteiger partial charge < -0.3 is 14.8 Å². The van der Waals surface area contributed by atoms with Gasteiger partial charge in [-0.2, -0.15) is 5.10 Å². The van der Waals surface area contributed by atoms with Gasteiger partial charge in [0.15, 0.2) is 11.5 Å². The number of ether oxygens (including phenoxy) is 2. The first-order chi connectivity index (χ1) is 12.3. The average Bonchev–Trinajstić information content (AvgIpc) is 3.36. The Kier molecular flexibility index (Phi) is 4.22. The van der Waals surface area contributed by atoms with E-state index < -0.39 is 0 Å². The Hall–Kier alpha value is -3.06. The van der Waals surface area contributed by atoms with E-state index in [4.69, 9.17) is 9.47 Å². The number of hydrogen-bond donors (Lipinski definition) is 2. The highest BCUT2D eigenvalue weighted by atomic mass is 32.1. The molecule has 0 radical (unpaired) electrons. The topological polar surface area (TPSA) is 76.2 Å². The van der Waals surface area contributed by atoms with Crippen LogP contribution in [0.1, 0.15) is 10.4 Å². The molecule has 1 aromatic carbocycles. The molecule has 0 bridgehead atoms. The summed E-state index contributed by atoms with van der Waals surface area (Å²) in [4.78, 5) is 13.8. The highest BCUT2D eigenvalue weighted by Gasteiger charge is 2.15. The van der Waals surface area contributed by atoms with Crippen molar-refractivity contribution in [2.45, 2.75) is 6.42 Å². The standard InChI is InChI=1S/C18H15N3O3S/c22-18(20-17-5-6-19-21-17)13(10-14-2-1-7-25-14)8-12-3-4-15-16(9-12)24-11-23-15/h1-9H,10-11H2,(H2,19,20,21,22)/b13-8+. The fourth-order valence-corrected chi connectivity index (χ4v) is 3.26. The summed E-state index contributed by atoms with van der Waals surface area (Å²) in [6.45, 7) is 0.227. The normalized spacial score (nSPS) is 13.0. The number of benzene rings is 1. The van der Waals surface area contributed by atoms with Crippen LogP contribution in [0.5, 0.6) is 11.5 Å². The fraction of sp³-hybridized carbons (Fsp3) is 0.111. The molecule has 7 heteroatoms. The van der Waals surface area contributed by atoms with Crippen LogP contribution in [0, 0.1) is 0 Å². The lowest BCUT2D eigenvalue weighted by molar-refractivity contribution is -0.112. The van der Waals surface area contributed by atoms with Crippen LogP contribution in [0.25, 0.3) is 6.08 Å². The number of fused-ring (bicyclic) bond motifs is 1. The predicted molar refractivity (Wildman–Crippen MR) is 95.8 cm³/mol. The molecule has 0 unspecified atom stereocenters. The minimum Gasteiger partial charge on any atom is -0.454 e. The maximum absolute atomic E-state index is 12.7. The summed E-state index contributed by atoms with van der Waals surface area (Å²) in [6.07, 6.45) is 4.01. The van der Waals surface area contributed by atoms with Gasteiger partial charge in [0.05, 0.1) is 6.20 Å². The van der Waals surface area contributed by atoms with E-state index in [2.05, 4.69) is 15.5 Å². The molecule has 3 aromatic rings. The molecule has 0 aliphatic carbocycles. The zero-order valence-corrected chi connectivity index (χ0v) is 14.0. The fourth-order valence-electron chi connectivity index (χ4n) is 2.53. The molecule has 6 nitrogen and oxygen atoms in total. The molecular weight excluding hydrogens is 338 g/mol. The molecule has 126 valence electrons. The van der Waals surface area contributed by atoms with E-state index in [0.29, 0.717) is 23.6 Å². The maximum atomic E-state index is 12.7. The molecule has 3 heterocycles. The highest BCUT2D eigenvalue weighted by molar-refractivity contribution is 7.09. The van der Waals surface area contributed by atoms with E-state index in [0.717, 1.165) is 16.2 Å². The number of hydrogen-bond acceptors (Lipinski definition) is 5. The van der Waals surface area contributed by atoms with Crippen molar-refractivity contribution in [1.82, 2.24) is 10.2 Å². The highest BCUT2D eigenvalue weighted by Crippen LogP contribution is 2.33. The number of amides is 1. The van der Waals surface area contributed by atoms with Crippen LogP contribution >= 0.6 is 11.3 Å². The number of nitrogens with one attached hydrogen (secondary N) is 2. The zero-order chi connectivity index (χ0) is 17.1. The summed E-state index contributed by atoms with van der Waals surface area (Å²) in [6, 6.07) is 11.3. The summed E-state index contributed by atoms with van der Waals surface area (Å²) in [5, 5.41) is 11.4. The number of anilines is 1. The number of H-pyrrole nitrogens is 1. The van der Waals surface area contributed by atoms with Crippen molar-refractivity contribution < 1.29 is 14.3 Å². The van der Waals surface area contributed by atoms with Gasteiger partial charge in [0.2, 0.25) is 6.79 Å². The Bertz CT molecular complexity index is 902. The first-order valence-electron chi connectivity index (χ1n) is 7.71. The SMILES string of the molecule is O=C(Nc1ccn[nH]1)/C(=C/c1ccc2c(c1)OCO2)Cc1cccs1. The molecular formula is C18H15N3O3S. The number of rotatable bonds is 5. The monoisotopic (exact) mass is 353 g/mol. The molecule has 0 spiro atoms. The second-order valence-corrected chi connectivity index (χ2v) is 6.50. The van der Waals surface area contributed by atoms with Gasteiger partial charge >= 0.3 is 0 Å². The molecule has 4 rings (SSSR count). The minimum atomic E-state index is -0.171. The van der Waals surface area contributed by atoms with Crippen LogP contribution in [-0.2, 0) is 11.2 Å². The van der Waals surface area contributed by atoms with Crippen molar-refractivity contribution in [3.05, 3.63) is 64.0 Å². The number of carbonyl (C=O) groups excluding carboxylic acids is 1. The van der Waals surface area contributed by atoms with Crippen LogP contribution in [0.3, 0.4) is 0 Å². The van der Waals surface area contributed by atoms with E-state index in [-0.39, 0.29) is 12.7 Å². The van der Waals surface area contributed by atoms with Gasteiger partial charge in [-0.05, 0) is 35.2 Å². The number of carbonyl (C=O) groups is 1. The van der Waals surface area contributed by atoms with Gasteiger partial charge in [-0.25, -0.2) is 0 Å². The smallest absolute Gasteiger partial charge is 0.253 e. The number of thiophene rings is 1. The summed E-state index contributed by atoms with van der Waals surface area (Å²) in [7, 11) is 0. The van der Waals surface area contributed by atoms with Crippen molar-refractivity contribution in [2.75, 3.05) is 12.1 Å². The van der Waals surface area contributed by atoms with Gasteiger partial charge in [-0.15, -0.1) is 11.3 Å². The first-order valence-corrected chi connectivity index (χ1v) is 8.59. The Morgan fingerprint density at radius 3 is 3.00 bits per heavy atom. The van der Waals surface area contributed by atoms with Crippen LogP contribution in [0.15, 0.2) is 53.5 Å². The van der Waals surface area contributed by atoms with Crippen LogP contribution in [0.2, 0.25) is 0 Å². The van der Waals surface area contributed by atoms with Gasteiger partial charge in [-0.3, -0.25) is 9.89 Å². The van der Waals surface area contributed by atoms with Crippen molar-refractivity contribution in [3.63, 3.8) is 0 Å². The molecule has 1 aliphatic rings. The van der Waals surface area contributed by atoms with E-state index in [1.54, 1.807) is 23.6 Å². The molecule has 0 fully saturated rings. The molecule has 2 aromatic heterocycles. The molecule has 25 heavy (non-hydrogen) atoms. The maximum Gasteiger partial charge on any atom is 0.253 e. The number of aromatic nitrogens is 2. The molecule has 0 atom stereocenters. The average molecular weight is 353 g/mol.